The number of nitrogens with zero attached hydrogens (tertiary/aromatic N) is 1. The Morgan fingerprint density at radius 3 is 2.70 bits per heavy atom. The maximum absolute atomic E-state index is 12.0. The first-order valence-electron chi connectivity index (χ1n) is 5.74. The molecule has 0 aliphatic heterocycles. The minimum Gasteiger partial charge on any atom is -0.476 e. The van der Waals surface area contributed by atoms with Crippen molar-refractivity contribution in [2.45, 2.75) is 11.8 Å². The molecule has 0 saturated carbocycles. The summed E-state index contributed by atoms with van der Waals surface area (Å²) in [6, 6.07) is 0. The number of methoxy groups -OCH3 is 1. The highest BCUT2D eigenvalue weighted by Gasteiger charge is 2.27. The van der Waals surface area contributed by atoms with E-state index in [4.69, 9.17) is 14.6 Å². The first-order chi connectivity index (χ1) is 9.40. The quantitative estimate of drug-likeness (QED) is 0.517. The number of hydrogen-bond acceptors (Lipinski definition) is 6. The Morgan fingerprint density at radius 2 is 2.10 bits per heavy atom. The van der Waals surface area contributed by atoms with Crippen molar-refractivity contribution in [2.75, 3.05) is 33.5 Å². The van der Waals surface area contributed by atoms with E-state index >= 15 is 0 Å². The molecule has 0 spiro atoms. The van der Waals surface area contributed by atoms with Crippen LogP contribution in [0, 0.1) is 6.92 Å². The normalized spacial score (nSPS) is 11.7. The van der Waals surface area contributed by atoms with Gasteiger partial charge < -0.3 is 14.6 Å². The molecule has 0 amide bonds. The van der Waals surface area contributed by atoms with Crippen molar-refractivity contribution in [1.82, 2.24) is 14.9 Å². The molecule has 1 aromatic rings. The number of ether oxygens (including phenoxy) is 2. The van der Waals surface area contributed by atoms with Crippen molar-refractivity contribution in [3.63, 3.8) is 0 Å². The molecule has 0 aromatic carbocycles. The van der Waals surface area contributed by atoms with E-state index in [0.29, 0.717) is 13.2 Å². The van der Waals surface area contributed by atoms with Gasteiger partial charge in [-0.05, 0) is 6.92 Å². The zero-order valence-corrected chi connectivity index (χ0v) is 12.0. The van der Waals surface area contributed by atoms with Crippen LogP contribution in [0.5, 0.6) is 0 Å². The van der Waals surface area contributed by atoms with E-state index < -0.39 is 21.7 Å². The van der Waals surface area contributed by atoms with Crippen molar-refractivity contribution in [2.24, 2.45) is 0 Å². The fourth-order valence-corrected chi connectivity index (χ4v) is 2.79. The molecule has 1 aromatic heterocycles. The number of sulfonamides is 1. The SMILES string of the molecule is COCCOCCNS(=O)(=O)c1c(C(=O)O)n[nH]c1C. The van der Waals surface area contributed by atoms with Gasteiger partial charge in [0.15, 0.2) is 5.69 Å². The Bertz CT molecular complexity index is 553. The smallest absolute Gasteiger partial charge is 0.357 e. The summed E-state index contributed by atoms with van der Waals surface area (Å²) in [5.74, 6) is -1.41. The predicted molar refractivity (Wildman–Crippen MR) is 68.2 cm³/mol. The number of rotatable bonds is 9. The van der Waals surface area contributed by atoms with Crippen LogP contribution < -0.4 is 4.72 Å². The Morgan fingerprint density at radius 1 is 1.40 bits per heavy atom. The molecule has 114 valence electrons. The van der Waals surface area contributed by atoms with E-state index in [1.165, 1.54) is 14.0 Å². The summed E-state index contributed by atoms with van der Waals surface area (Å²) in [7, 11) is -2.42. The molecule has 0 fully saturated rings. The maximum atomic E-state index is 12.0. The second-order valence-electron chi connectivity index (χ2n) is 3.83. The van der Waals surface area contributed by atoms with Crippen LogP contribution in [0.1, 0.15) is 16.2 Å². The monoisotopic (exact) mass is 307 g/mol. The Labute approximate surface area is 116 Å². The summed E-state index contributed by atoms with van der Waals surface area (Å²) in [6.45, 7) is 2.38. The number of hydrogen-bond donors (Lipinski definition) is 3. The number of aromatic nitrogens is 2. The van der Waals surface area contributed by atoms with E-state index in [1.54, 1.807) is 0 Å². The number of carboxylic acid groups (broad SMARTS) is 1. The van der Waals surface area contributed by atoms with Crippen molar-refractivity contribution < 1.29 is 27.8 Å². The first kappa shape index (κ1) is 16.6. The lowest BCUT2D eigenvalue weighted by molar-refractivity contribution is 0.0686. The van der Waals surface area contributed by atoms with Gasteiger partial charge in [0.2, 0.25) is 10.0 Å². The van der Waals surface area contributed by atoms with Crippen LogP contribution >= 0.6 is 0 Å². The summed E-state index contributed by atoms with van der Waals surface area (Å²) >= 11 is 0. The third-order valence-corrected chi connectivity index (χ3v) is 3.95. The summed E-state index contributed by atoms with van der Waals surface area (Å²) in [6.07, 6.45) is 0. The molecule has 0 bridgehead atoms. The molecule has 1 heterocycles. The molecule has 1 rings (SSSR count). The minimum absolute atomic E-state index is 0.0235. The van der Waals surface area contributed by atoms with Crippen LogP contribution in [-0.4, -0.2) is 63.2 Å². The Hall–Kier alpha value is -1.49. The van der Waals surface area contributed by atoms with Gasteiger partial charge in [0.25, 0.3) is 0 Å². The Balaban J connectivity index is 2.65. The van der Waals surface area contributed by atoms with Crippen molar-refractivity contribution in [3.8, 4) is 0 Å². The highest BCUT2D eigenvalue weighted by atomic mass is 32.2. The largest absolute Gasteiger partial charge is 0.476 e. The van der Waals surface area contributed by atoms with Crippen LogP contribution in [0.25, 0.3) is 0 Å². The molecule has 9 nitrogen and oxygen atoms in total. The first-order valence-corrected chi connectivity index (χ1v) is 7.23. The zero-order chi connectivity index (χ0) is 15.2. The van der Waals surface area contributed by atoms with Gasteiger partial charge in [0.1, 0.15) is 4.90 Å². The number of aryl methyl sites for hydroxylation is 1. The van der Waals surface area contributed by atoms with E-state index in [0.717, 1.165) is 0 Å². The molecular weight excluding hydrogens is 290 g/mol. The predicted octanol–water partition coefficient (Wildman–Crippen LogP) is -0.642. The van der Waals surface area contributed by atoms with Gasteiger partial charge in [-0.1, -0.05) is 0 Å². The van der Waals surface area contributed by atoms with Gasteiger partial charge in [-0.3, -0.25) is 5.10 Å². The van der Waals surface area contributed by atoms with E-state index in [2.05, 4.69) is 14.9 Å². The number of H-pyrrole nitrogens is 1. The van der Waals surface area contributed by atoms with Gasteiger partial charge in [0.05, 0.1) is 25.5 Å². The third-order valence-electron chi connectivity index (χ3n) is 2.33. The number of carbonyl (C=O) groups is 1. The Kier molecular flexibility index (Phi) is 6.07. The van der Waals surface area contributed by atoms with Crippen LogP contribution in [0.4, 0.5) is 0 Å². The molecule has 10 heteroatoms. The van der Waals surface area contributed by atoms with Crippen molar-refractivity contribution >= 4 is 16.0 Å². The van der Waals surface area contributed by atoms with Gasteiger partial charge >= 0.3 is 5.97 Å². The lowest BCUT2D eigenvalue weighted by Gasteiger charge is -2.07. The molecule has 0 aliphatic carbocycles. The zero-order valence-electron chi connectivity index (χ0n) is 11.2. The van der Waals surface area contributed by atoms with Gasteiger partial charge in [0, 0.05) is 13.7 Å². The standard InChI is InChI=1S/C10H17N3O6S/c1-7-9(8(10(14)15)13-12-7)20(16,17)11-3-4-19-6-5-18-2/h11H,3-6H2,1-2H3,(H,12,13)(H,14,15). The maximum Gasteiger partial charge on any atom is 0.357 e. The van der Waals surface area contributed by atoms with Crippen molar-refractivity contribution in [1.29, 1.82) is 0 Å². The second kappa shape index (κ2) is 7.33. The fourth-order valence-electron chi connectivity index (χ4n) is 1.46. The summed E-state index contributed by atoms with van der Waals surface area (Å²) < 4.78 is 36.2. The summed E-state index contributed by atoms with van der Waals surface area (Å²) in [5, 5.41) is 14.7. The molecule has 20 heavy (non-hydrogen) atoms. The van der Waals surface area contributed by atoms with Crippen LogP contribution in [0.15, 0.2) is 4.90 Å². The topological polar surface area (TPSA) is 131 Å². The van der Waals surface area contributed by atoms with Crippen LogP contribution in [-0.2, 0) is 19.5 Å². The highest BCUT2D eigenvalue weighted by Crippen LogP contribution is 2.17. The number of carboxylic acids is 1. The average molecular weight is 307 g/mol. The molecule has 3 N–H and O–H groups in total. The average Bonchev–Trinajstić information content (AvgIpc) is 2.76. The lowest BCUT2D eigenvalue weighted by Crippen LogP contribution is -2.29. The number of aromatic amines is 1. The summed E-state index contributed by atoms with van der Waals surface area (Å²) in [4.78, 5) is 10.6. The molecule has 0 saturated heterocycles. The van der Waals surface area contributed by atoms with Gasteiger partial charge in [-0.2, -0.15) is 5.10 Å². The molecule has 0 radical (unpaired) electrons. The lowest BCUT2D eigenvalue weighted by atomic mass is 10.4. The van der Waals surface area contributed by atoms with Crippen LogP contribution in [0.2, 0.25) is 0 Å². The second-order valence-corrected chi connectivity index (χ2v) is 5.54. The van der Waals surface area contributed by atoms with E-state index in [9.17, 15) is 13.2 Å². The van der Waals surface area contributed by atoms with E-state index in [-0.39, 0.29) is 23.7 Å². The molecule has 0 aliphatic rings. The number of nitrogens with one attached hydrogen (secondary N) is 2. The van der Waals surface area contributed by atoms with Crippen molar-refractivity contribution in [3.05, 3.63) is 11.4 Å². The van der Waals surface area contributed by atoms with Crippen LogP contribution in [0.3, 0.4) is 0 Å². The van der Waals surface area contributed by atoms with Gasteiger partial charge in [-0.25, -0.2) is 17.9 Å². The van der Waals surface area contributed by atoms with Gasteiger partial charge in [-0.15, -0.1) is 0 Å². The molecule has 0 unspecified atom stereocenters. The third kappa shape index (κ3) is 4.27. The molecule has 0 atom stereocenters. The fraction of sp³-hybridized carbons (Fsp3) is 0.600. The molecular formula is C10H17N3O6S. The highest BCUT2D eigenvalue weighted by molar-refractivity contribution is 7.89. The van der Waals surface area contributed by atoms with E-state index in [1.807, 2.05) is 0 Å². The number of aromatic carboxylic acids is 1. The summed E-state index contributed by atoms with van der Waals surface area (Å²) in [5.41, 5.74) is -0.370. The minimum atomic E-state index is -3.95.